The van der Waals surface area contributed by atoms with E-state index >= 15 is 0 Å². The predicted molar refractivity (Wildman–Crippen MR) is 73.0 cm³/mol. The first kappa shape index (κ1) is 12.1. The monoisotopic (exact) mass is 241 g/mol. The van der Waals surface area contributed by atoms with Crippen LogP contribution in [0.25, 0.3) is 0 Å². The minimum absolute atomic E-state index is 0.120. The van der Waals surface area contributed by atoms with Gasteiger partial charge in [0, 0.05) is 43.4 Å². The maximum atomic E-state index is 12.0. The number of pyridine rings is 1. The lowest BCUT2D eigenvalue weighted by Crippen LogP contribution is -2.14. The topological polar surface area (TPSA) is 45.2 Å². The van der Waals surface area contributed by atoms with Gasteiger partial charge in [-0.2, -0.15) is 0 Å². The Morgan fingerprint density at radius 2 is 1.89 bits per heavy atom. The molecule has 1 N–H and O–H groups in total. The van der Waals surface area contributed by atoms with Crippen LogP contribution in [0.5, 0.6) is 0 Å². The van der Waals surface area contributed by atoms with Gasteiger partial charge in [0.2, 0.25) is 0 Å². The first-order chi connectivity index (χ1) is 8.66. The molecule has 0 radical (unpaired) electrons. The van der Waals surface area contributed by atoms with Crippen molar-refractivity contribution in [3.8, 4) is 0 Å². The maximum Gasteiger partial charge on any atom is 0.255 e. The fourth-order valence-corrected chi connectivity index (χ4v) is 1.56. The molecule has 1 aromatic heterocycles. The smallest absolute Gasteiger partial charge is 0.255 e. The third kappa shape index (κ3) is 2.85. The van der Waals surface area contributed by atoms with E-state index in [9.17, 15) is 4.79 Å². The number of anilines is 2. The number of rotatable bonds is 3. The molecule has 0 saturated heterocycles. The van der Waals surface area contributed by atoms with E-state index in [0.717, 1.165) is 11.4 Å². The van der Waals surface area contributed by atoms with Crippen LogP contribution >= 0.6 is 0 Å². The number of amides is 1. The van der Waals surface area contributed by atoms with Crippen molar-refractivity contribution in [3.05, 3.63) is 54.4 Å². The van der Waals surface area contributed by atoms with E-state index in [1.54, 1.807) is 30.6 Å². The van der Waals surface area contributed by atoms with Crippen molar-refractivity contribution >= 4 is 17.3 Å². The molecule has 0 spiro atoms. The van der Waals surface area contributed by atoms with Crippen molar-refractivity contribution in [3.63, 3.8) is 0 Å². The molecule has 92 valence electrons. The molecule has 18 heavy (non-hydrogen) atoms. The minimum Gasteiger partial charge on any atom is -0.378 e. The molecular formula is C14H15N3O. The first-order valence-electron chi connectivity index (χ1n) is 5.65. The zero-order valence-corrected chi connectivity index (χ0v) is 10.4. The van der Waals surface area contributed by atoms with Crippen LogP contribution in [-0.2, 0) is 0 Å². The number of benzene rings is 1. The van der Waals surface area contributed by atoms with E-state index in [2.05, 4.69) is 10.3 Å². The van der Waals surface area contributed by atoms with Crippen LogP contribution in [0.3, 0.4) is 0 Å². The first-order valence-corrected chi connectivity index (χ1v) is 5.65. The number of nitrogens with zero attached hydrogens (tertiary/aromatic N) is 2. The van der Waals surface area contributed by atoms with Gasteiger partial charge in [-0.1, -0.05) is 6.07 Å². The molecule has 2 rings (SSSR count). The lowest BCUT2D eigenvalue weighted by Gasteiger charge is -2.13. The van der Waals surface area contributed by atoms with Crippen molar-refractivity contribution in [2.24, 2.45) is 0 Å². The standard InChI is InChI=1S/C14H15N3O/c1-17(2)13-5-3-4-11(10-13)14(18)16-12-6-8-15-9-7-12/h3-10H,1-2H3,(H,15,16,18). The second-order valence-corrected chi connectivity index (χ2v) is 4.13. The maximum absolute atomic E-state index is 12.0. The summed E-state index contributed by atoms with van der Waals surface area (Å²) in [4.78, 5) is 17.9. The lowest BCUT2D eigenvalue weighted by molar-refractivity contribution is 0.102. The Balaban J connectivity index is 2.16. The number of hydrogen-bond acceptors (Lipinski definition) is 3. The van der Waals surface area contributed by atoms with Gasteiger partial charge in [-0.15, -0.1) is 0 Å². The van der Waals surface area contributed by atoms with Crippen LogP contribution in [0, 0.1) is 0 Å². The number of nitrogens with one attached hydrogen (secondary N) is 1. The quantitative estimate of drug-likeness (QED) is 0.897. The summed E-state index contributed by atoms with van der Waals surface area (Å²) < 4.78 is 0. The highest BCUT2D eigenvalue weighted by Gasteiger charge is 2.07. The minimum atomic E-state index is -0.120. The average molecular weight is 241 g/mol. The summed E-state index contributed by atoms with van der Waals surface area (Å²) in [5.74, 6) is -0.120. The molecule has 0 saturated carbocycles. The van der Waals surface area contributed by atoms with Crippen LogP contribution in [0.4, 0.5) is 11.4 Å². The van der Waals surface area contributed by atoms with E-state index in [0.29, 0.717) is 5.56 Å². The van der Waals surface area contributed by atoms with Gasteiger partial charge in [-0.3, -0.25) is 9.78 Å². The highest BCUT2D eigenvalue weighted by Crippen LogP contribution is 2.15. The molecule has 1 heterocycles. The molecule has 4 heteroatoms. The van der Waals surface area contributed by atoms with Crippen molar-refractivity contribution < 1.29 is 4.79 Å². The summed E-state index contributed by atoms with van der Waals surface area (Å²) in [6.45, 7) is 0. The third-order valence-corrected chi connectivity index (χ3v) is 2.56. The van der Waals surface area contributed by atoms with Gasteiger partial charge in [0.05, 0.1) is 0 Å². The second-order valence-electron chi connectivity index (χ2n) is 4.13. The normalized spacial score (nSPS) is 9.89. The van der Waals surface area contributed by atoms with Gasteiger partial charge in [0.25, 0.3) is 5.91 Å². The average Bonchev–Trinajstić information content (AvgIpc) is 2.40. The van der Waals surface area contributed by atoms with Crippen molar-refractivity contribution in [2.45, 2.75) is 0 Å². The number of carbonyl (C=O) groups excluding carboxylic acids is 1. The summed E-state index contributed by atoms with van der Waals surface area (Å²) >= 11 is 0. The molecule has 1 amide bonds. The van der Waals surface area contributed by atoms with Gasteiger partial charge in [0.1, 0.15) is 0 Å². The SMILES string of the molecule is CN(C)c1cccc(C(=O)Nc2ccncc2)c1. The third-order valence-electron chi connectivity index (χ3n) is 2.56. The van der Waals surface area contributed by atoms with Crippen molar-refractivity contribution in [1.82, 2.24) is 4.98 Å². The molecule has 0 aliphatic rings. The van der Waals surface area contributed by atoms with Crippen LogP contribution in [-0.4, -0.2) is 25.0 Å². The van der Waals surface area contributed by atoms with Crippen LogP contribution in [0.1, 0.15) is 10.4 Å². The molecule has 0 bridgehead atoms. The summed E-state index contributed by atoms with van der Waals surface area (Å²) in [6.07, 6.45) is 3.29. The Kier molecular flexibility index (Phi) is 3.57. The molecule has 2 aromatic rings. The molecule has 4 nitrogen and oxygen atoms in total. The molecule has 0 aliphatic carbocycles. The molecule has 0 fully saturated rings. The van der Waals surface area contributed by atoms with Gasteiger partial charge in [-0.25, -0.2) is 0 Å². The highest BCUT2D eigenvalue weighted by atomic mass is 16.1. The molecular weight excluding hydrogens is 226 g/mol. The van der Waals surface area contributed by atoms with E-state index in [1.807, 2.05) is 37.2 Å². The predicted octanol–water partition coefficient (Wildman–Crippen LogP) is 2.40. The molecule has 0 atom stereocenters. The Morgan fingerprint density at radius 1 is 1.17 bits per heavy atom. The van der Waals surface area contributed by atoms with E-state index in [-0.39, 0.29) is 5.91 Å². The van der Waals surface area contributed by atoms with Crippen LogP contribution in [0.15, 0.2) is 48.8 Å². The number of hydrogen-bond donors (Lipinski definition) is 1. The molecule has 1 aromatic carbocycles. The summed E-state index contributed by atoms with van der Waals surface area (Å²) in [5, 5.41) is 2.83. The fourth-order valence-electron chi connectivity index (χ4n) is 1.56. The van der Waals surface area contributed by atoms with Gasteiger partial charge in [0.15, 0.2) is 0 Å². The Morgan fingerprint density at radius 3 is 2.56 bits per heavy atom. The Labute approximate surface area is 106 Å². The lowest BCUT2D eigenvalue weighted by atomic mass is 10.2. The zero-order chi connectivity index (χ0) is 13.0. The van der Waals surface area contributed by atoms with E-state index in [4.69, 9.17) is 0 Å². The highest BCUT2D eigenvalue weighted by molar-refractivity contribution is 6.04. The van der Waals surface area contributed by atoms with Crippen LogP contribution in [0.2, 0.25) is 0 Å². The number of aromatic nitrogens is 1. The largest absolute Gasteiger partial charge is 0.378 e. The van der Waals surface area contributed by atoms with E-state index < -0.39 is 0 Å². The molecule has 0 aliphatic heterocycles. The Bertz CT molecular complexity index is 538. The summed E-state index contributed by atoms with van der Waals surface area (Å²) in [7, 11) is 3.89. The van der Waals surface area contributed by atoms with Crippen LogP contribution < -0.4 is 10.2 Å². The fraction of sp³-hybridized carbons (Fsp3) is 0.143. The summed E-state index contributed by atoms with van der Waals surface area (Å²) in [6, 6.07) is 11.0. The van der Waals surface area contributed by atoms with E-state index in [1.165, 1.54) is 0 Å². The van der Waals surface area contributed by atoms with Crippen molar-refractivity contribution in [2.75, 3.05) is 24.3 Å². The number of carbonyl (C=O) groups is 1. The van der Waals surface area contributed by atoms with Crippen molar-refractivity contribution in [1.29, 1.82) is 0 Å². The zero-order valence-electron chi connectivity index (χ0n) is 10.4. The summed E-state index contributed by atoms with van der Waals surface area (Å²) in [5.41, 5.74) is 2.38. The second kappa shape index (κ2) is 5.31. The van der Waals surface area contributed by atoms with Gasteiger partial charge >= 0.3 is 0 Å². The Hall–Kier alpha value is -2.36. The van der Waals surface area contributed by atoms with Gasteiger partial charge in [-0.05, 0) is 30.3 Å². The molecule has 0 unspecified atom stereocenters. The van der Waals surface area contributed by atoms with Gasteiger partial charge < -0.3 is 10.2 Å².